The van der Waals surface area contributed by atoms with Crippen molar-refractivity contribution in [1.29, 1.82) is 5.26 Å². The minimum atomic E-state index is -0.104. The van der Waals surface area contributed by atoms with Gasteiger partial charge in [0.15, 0.2) is 5.78 Å². The van der Waals surface area contributed by atoms with E-state index in [9.17, 15) is 4.79 Å². The molecule has 0 aliphatic heterocycles. The van der Waals surface area contributed by atoms with E-state index in [0.29, 0.717) is 23.5 Å². The summed E-state index contributed by atoms with van der Waals surface area (Å²) in [7, 11) is 0. The molecule has 0 unspecified atom stereocenters. The normalized spacial score (nSPS) is 9.62. The molecule has 0 saturated carbocycles. The number of Topliss-reactive ketones (excluding diaryl/α,β-unsaturated/α-hetero) is 1. The fourth-order valence-corrected chi connectivity index (χ4v) is 1.54. The third-order valence-electron chi connectivity index (χ3n) is 2.36. The van der Waals surface area contributed by atoms with E-state index in [1.54, 1.807) is 6.07 Å². The average Bonchev–Trinajstić information content (AvgIpc) is 2.28. The van der Waals surface area contributed by atoms with Crippen LogP contribution in [0, 0.1) is 11.3 Å². The minimum absolute atomic E-state index is 0.104. The second kappa shape index (κ2) is 5.32. The molecule has 0 amide bonds. The van der Waals surface area contributed by atoms with E-state index in [-0.39, 0.29) is 5.78 Å². The zero-order chi connectivity index (χ0) is 12.1. The predicted octanol–water partition coefficient (Wildman–Crippen LogP) is 2.72. The lowest BCUT2D eigenvalue weighted by molar-refractivity contribution is 0.101. The summed E-state index contributed by atoms with van der Waals surface area (Å²) in [4.78, 5) is 11.4. The molecule has 0 radical (unpaired) electrons. The molecule has 1 aromatic carbocycles. The standard InChI is InChI=1S/C13H15NO2/c1-4-10-6-11(9(3)15)12(8-14)13(7-10)16-5-2/h6-7H,4-5H2,1-3H3. The van der Waals surface area contributed by atoms with Crippen molar-refractivity contribution in [3.63, 3.8) is 0 Å². The summed E-state index contributed by atoms with van der Waals surface area (Å²) in [5.41, 5.74) is 1.80. The van der Waals surface area contributed by atoms with Crippen LogP contribution in [-0.4, -0.2) is 12.4 Å². The van der Waals surface area contributed by atoms with Gasteiger partial charge in [-0.25, -0.2) is 0 Å². The Labute approximate surface area is 95.7 Å². The van der Waals surface area contributed by atoms with Gasteiger partial charge in [-0.2, -0.15) is 5.26 Å². The molecule has 0 fully saturated rings. The second-order valence-corrected chi connectivity index (χ2v) is 3.47. The highest BCUT2D eigenvalue weighted by atomic mass is 16.5. The van der Waals surface area contributed by atoms with Crippen LogP contribution in [0.15, 0.2) is 12.1 Å². The Bertz CT molecular complexity index is 444. The first kappa shape index (κ1) is 12.3. The van der Waals surface area contributed by atoms with Gasteiger partial charge in [-0.1, -0.05) is 6.92 Å². The first-order chi connectivity index (χ1) is 7.63. The van der Waals surface area contributed by atoms with Gasteiger partial charge < -0.3 is 4.74 Å². The molecule has 0 bridgehead atoms. The number of aryl methyl sites for hydroxylation is 1. The van der Waals surface area contributed by atoms with Crippen LogP contribution in [0.2, 0.25) is 0 Å². The van der Waals surface area contributed by atoms with Gasteiger partial charge in [-0.15, -0.1) is 0 Å². The molecule has 0 N–H and O–H groups in total. The van der Waals surface area contributed by atoms with Gasteiger partial charge in [0.25, 0.3) is 0 Å². The Morgan fingerprint density at radius 1 is 1.44 bits per heavy atom. The van der Waals surface area contributed by atoms with E-state index in [0.717, 1.165) is 12.0 Å². The van der Waals surface area contributed by atoms with Crippen molar-refractivity contribution in [3.8, 4) is 11.8 Å². The molecule has 1 aromatic rings. The summed E-state index contributed by atoms with van der Waals surface area (Å²) in [5, 5.41) is 9.06. The molecule has 84 valence electrons. The number of hydrogen-bond acceptors (Lipinski definition) is 3. The molecule has 0 aliphatic carbocycles. The van der Waals surface area contributed by atoms with Crippen molar-refractivity contribution in [3.05, 3.63) is 28.8 Å². The Balaban J connectivity index is 3.41. The third-order valence-corrected chi connectivity index (χ3v) is 2.36. The van der Waals surface area contributed by atoms with Gasteiger partial charge in [0.2, 0.25) is 0 Å². The monoisotopic (exact) mass is 217 g/mol. The van der Waals surface area contributed by atoms with Crippen LogP contribution >= 0.6 is 0 Å². The summed E-state index contributed by atoms with van der Waals surface area (Å²) in [6.07, 6.45) is 0.812. The van der Waals surface area contributed by atoms with E-state index in [4.69, 9.17) is 10.00 Å². The first-order valence-corrected chi connectivity index (χ1v) is 5.34. The summed E-state index contributed by atoms with van der Waals surface area (Å²) in [6.45, 7) is 5.80. The van der Waals surface area contributed by atoms with E-state index < -0.39 is 0 Å². The fraction of sp³-hybridized carbons (Fsp3) is 0.385. The lowest BCUT2D eigenvalue weighted by Crippen LogP contribution is -2.03. The molecule has 0 atom stereocenters. The van der Waals surface area contributed by atoms with Gasteiger partial charge in [0, 0.05) is 5.56 Å². The maximum absolute atomic E-state index is 11.4. The van der Waals surface area contributed by atoms with E-state index >= 15 is 0 Å². The Kier molecular flexibility index (Phi) is 4.07. The largest absolute Gasteiger partial charge is 0.492 e. The lowest BCUT2D eigenvalue weighted by atomic mass is 9.99. The summed E-state index contributed by atoms with van der Waals surface area (Å²) in [5.74, 6) is 0.405. The Hall–Kier alpha value is -1.82. The van der Waals surface area contributed by atoms with Crippen LogP contribution in [0.3, 0.4) is 0 Å². The molecule has 0 saturated heterocycles. The number of carbonyl (C=O) groups is 1. The molecule has 16 heavy (non-hydrogen) atoms. The Morgan fingerprint density at radius 2 is 2.12 bits per heavy atom. The average molecular weight is 217 g/mol. The van der Waals surface area contributed by atoms with Crippen LogP contribution in [0.25, 0.3) is 0 Å². The highest BCUT2D eigenvalue weighted by Gasteiger charge is 2.14. The lowest BCUT2D eigenvalue weighted by Gasteiger charge is -2.10. The van der Waals surface area contributed by atoms with Gasteiger partial charge in [-0.05, 0) is 38.0 Å². The highest BCUT2D eigenvalue weighted by molar-refractivity contribution is 5.97. The zero-order valence-corrected chi connectivity index (χ0v) is 9.83. The number of ether oxygens (including phenoxy) is 1. The van der Waals surface area contributed by atoms with Crippen LogP contribution in [0.4, 0.5) is 0 Å². The number of carbonyl (C=O) groups excluding carboxylic acids is 1. The maximum Gasteiger partial charge on any atom is 0.161 e. The number of nitrogens with zero attached hydrogens (tertiary/aromatic N) is 1. The van der Waals surface area contributed by atoms with Crippen molar-refractivity contribution in [2.75, 3.05) is 6.61 Å². The fourth-order valence-electron chi connectivity index (χ4n) is 1.54. The van der Waals surface area contributed by atoms with Crippen molar-refractivity contribution in [2.24, 2.45) is 0 Å². The number of nitriles is 1. The van der Waals surface area contributed by atoms with Crippen LogP contribution < -0.4 is 4.74 Å². The van der Waals surface area contributed by atoms with E-state index in [1.165, 1.54) is 6.92 Å². The summed E-state index contributed by atoms with van der Waals surface area (Å²) >= 11 is 0. The van der Waals surface area contributed by atoms with Crippen molar-refractivity contribution < 1.29 is 9.53 Å². The molecule has 0 aliphatic rings. The molecular weight excluding hydrogens is 202 g/mol. The summed E-state index contributed by atoms with van der Waals surface area (Å²) < 4.78 is 5.39. The topological polar surface area (TPSA) is 50.1 Å². The summed E-state index contributed by atoms with van der Waals surface area (Å²) in [6, 6.07) is 5.63. The molecule has 3 heteroatoms. The molecule has 1 rings (SSSR count). The molecule has 0 aromatic heterocycles. The minimum Gasteiger partial charge on any atom is -0.492 e. The van der Waals surface area contributed by atoms with Crippen LogP contribution in [-0.2, 0) is 6.42 Å². The number of hydrogen-bond donors (Lipinski definition) is 0. The van der Waals surface area contributed by atoms with E-state index in [1.807, 2.05) is 26.0 Å². The Morgan fingerprint density at radius 3 is 2.56 bits per heavy atom. The van der Waals surface area contributed by atoms with Gasteiger partial charge in [-0.3, -0.25) is 4.79 Å². The second-order valence-electron chi connectivity index (χ2n) is 3.47. The van der Waals surface area contributed by atoms with Crippen molar-refractivity contribution in [1.82, 2.24) is 0 Å². The highest BCUT2D eigenvalue weighted by Crippen LogP contribution is 2.25. The van der Waals surface area contributed by atoms with Crippen molar-refractivity contribution >= 4 is 5.78 Å². The molecule has 0 spiro atoms. The molecular formula is C13H15NO2. The molecule has 3 nitrogen and oxygen atoms in total. The van der Waals surface area contributed by atoms with Crippen LogP contribution in [0.1, 0.15) is 42.3 Å². The van der Waals surface area contributed by atoms with Crippen LogP contribution in [0.5, 0.6) is 5.75 Å². The maximum atomic E-state index is 11.4. The zero-order valence-electron chi connectivity index (χ0n) is 9.83. The van der Waals surface area contributed by atoms with E-state index in [2.05, 4.69) is 0 Å². The first-order valence-electron chi connectivity index (χ1n) is 5.34. The number of benzene rings is 1. The number of rotatable bonds is 4. The van der Waals surface area contributed by atoms with Crippen molar-refractivity contribution in [2.45, 2.75) is 27.2 Å². The van der Waals surface area contributed by atoms with Gasteiger partial charge in [0.05, 0.1) is 6.61 Å². The quantitative estimate of drug-likeness (QED) is 0.728. The third kappa shape index (κ3) is 2.40. The SMILES string of the molecule is CCOc1cc(CC)cc(C(C)=O)c1C#N. The smallest absolute Gasteiger partial charge is 0.161 e. The van der Waals surface area contributed by atoms with Gasteiger partial charge >= 0.3 is 0 Å². The predicted molar refractivity (Wildman–Crippen MR) is 61.7 cm³/mol. The number of ketones is 1. The molecule has 0 heterocycles. The van der Waals surface area contributed by atoms with Gasteiger partial charge in [0.1, 0.15) is 17.4 Å².